The maximum atomic E-state index is 6.43. The highest BCUT2D eigenvalue weighted by atomic mass is 16.7. The smallest absolute Gasteiger partial charge is 0.186 e. The molecule has 8 atom stereocenters. The first kappa shape index (κ1) is 25.0. The largest absolute Gasteiger partial charge is 0.351 e. The molecule has 5 aliphatic carbocycles. The Balaban J connectivity index is 1.64. The van der Waals surface area contributed by atoms with Crippen molar-refractivity contribution < 1.29 is 18.9 Å². The van der Waals surface area contributed by atoms with Crippen LogP contribution >= 0.6 is 0 Å². The molecule has 0 unspecified atom stereocenters. The molecule has 5 aliphatic rings. The Hall–Kier alpha value is -0.680. The van der Waals surface area contributed by atoms with Gasteiger partial charge in [0.2, 0.25) is 0 Å². The molecule has 4 nitrogen and oxygen atoms in total. The van der Waals surface area contributed by atoms with Crippen molar-refractivity contribution in [1.82, 2.24) is 0 Å². The number of rotatable bonds is 4. The van der Waals surface area contributed by atoms with E-state index >= 15 is 0 Å². The molecule has 0 aromatic rings. The molecule has 0 heterocycles. The van der Waals surface area contributed by atoms with Crippen molar-refractivity contribution in [1.29, 1.82) is 0 Å². The van der Waals surface area contributed by atoms with Gasteiger partial charge in [0, 0.05) is 50.1 Å². The van der Waals surface area contributed by atoms with E-state index in [1.165, 1.54) is 48.0 Å². The highest BCUT2D eigenvalue weighted by Crippen LogP contribution is 2.81. The fourth-order valence-electron chi connectivity index (χ4n) is 11.9. The molecule has 5 rings (SSSR count). The van der Waals surface area contributed by atoms with Crippen LogP contribution in [0.3, 0.4) is 0 Å². The first-order valence-corrected chi connectivity index (χ1v) is 13.4. The van der Waals surface area contributed by atoms with Crippen LogP contribution in [0.15, 0.2) is 22.3 Å². The van der Waals surface area contributed by atoms with Gasteiger partial charge in [-0.2, -0.15) is 0 Å². The number of hydrogen-bond donors (Lipinski definition) is 0. The minimum Gasteiger partial charge on any atom is -0.351 e. The van der Waals surface area contributed by atoms with E-state index in [9.17, 15) is 0 Å². The highest BCUT2D eigenvalue weighted by Gasteiger charge is 2.82. The first-order valence-electron chi connectivity index (χ1n) is 13.4. The van der Waals surface area contributed by atoms with Crippen LogP contribution in [0, 0.1) is 45.3 Å². The van der Waals surface area contributed by atoms with Crippen molar-refractivity contribution >= 4 is 0 Å². The van der Waals surface area contributed by atoms with Gasteiger partial charge in [-0.25, -0.2) is 0 Å². The maximum absolute atomic E-state index is 6.43. The maximum Gasteiger partial charge on any atom is 0.186 e. The summed E-state index contributed by atoms with van der Waals surface area (Å²) >= 11 is 0. The molecule has 0 saturated heterocycles. The van der Waals surface area contributed by atoms with Crippen LogP contribution in [0.25, 0.3) is 0 Å². The molecule has 34 heavy (non-hydrogen) atoms. The summed E-state index contributed by atoms with van der Waals surface area (Å²) in [6.07, 6.45) is 4.77. The van der Waals surface area contributed by atoms with Crippen molar-refractivity contribution in [2.24, 2.45) is 45.3 Å². The third-order valence-electron chi connectivity index (χ3n) is 13.6. The summed E-state index contributed by atoms with van der Waals surface area (Å²) in [5, 5.41) is 0. The van der Waals surface area contributed by atoms with E-state index in [2.05, 4.69) is 55.4 Å². The fraction of sp³-hybridized carbons (Fsp3) is 0.867. The predicted octanol–water partition coefficient (Wildman–Crippen LogP) is 6.76. The van der Waals surface area contributed by atoms with Crippen molar-refractivity contribution in [2.45, 2.75) is 92.6 Å². The van der Waals surface area contributed by atoms with Gasteiger partial charge in [0.1, 0.15) is 0 Å². The Bertz CT molecular complexity index is 824. The topological polar surface area (TPSA) is 36.9 Å². The van der Waals surface area contributed by atoms with Crippen LogP contribution in [0.4, 0.5) is 0 Å². The van der Waals surface area contributed by atoms with Crippen LogP contribution in [-0.4, -0.2) is 40.0 Å². The molecular formula is C30H48O4. The zero-order chi connectivity index (χ0) is 25.3. The molecule has 0 aliphatic heterocycles. The van der Waals surface area contributed by atoms with E-state index in [0.29, 0.717) is 23.7 Å². The molecule has 0 amide bonds. The number of methoxy groups -OCH3 is 4. The minimum absolute atomic E-state index is 0.115. The quantitative estimate of drug-likeness (QED) is 0.335. The molecule has 0 radical (unpaired) electrons. The highest BCUT2D eigenvalue weighted by molar-refractivity contribution is 5.47. The second-order valence-electron chi connectivity index (χ2n) is 12.9. The van der Waals surface area contributed by atoms with E-state index < -0.39 is 11.6 Å². The first-order chi connectivity index (χ1) is 15.8. The molecule has 4 heteroatoms. The number of ether oxygens (including phenoxy) is 4. The lowest BCUT2D eigenvalue weighted by Crippen LogP contribution is -2.53. The molecule has 0 aromatic heterocycles. The Labute approximate surface area is 207 Å². The van der Waals surface area contributed by atoms with E-state index in [1.54, 1.807) is 0 Å². The normalized spacial score (nSPS) is 50.5. The predicted molar refractivity (Wildman–Crippen MR) is 135 cm³/mol. The number of hydrogen-bond acceptors (Lipinski definition) is 4. The molecule has 0 aromatic carbocycles. The lowest BCUT2D eigenvalue weighted by Gasteiger charge is -2.47. The summed E-state index contributed by atoms with van der Waals surface area (Å²) < 4.78 is 25.7. The summed E-state index contributed by atoms with van der Waals surface area (Å²) in [4.78, 5) is 0. The lowest BCUT2D eigenvalue weighted by atomic mass is 9.56. The van der Waals surface area contributed by atoms with Crippen molar-refractivity contribution in [3.8, 4) is 0 Å². The third-order valence-corrected chi connectivity index (χ3v) is 13.6. The Morgan fingerprint density at radius 1 is 0.441 bits per heavy atom. The van der Waals surface area contributed by atoms with Gasteiger partial charge < -0.3 is 18.9 Å². The van der Waals surface area contributed by atoms with Crippen molar-refractivity contribution in [3.05, 3.63) is 22.3 Å². The van der Waals surface area contributed by atoms with Gasteiger partial charge in [-0.15, -0.1) is 0 Å². The molecule has 3 fully saturated rings. The van der Waals surface area contributed by atoms with Gasteiger partial charge in [0.25, 0.3) is 0 Å². The Morgan fingerprint density at radius 2 is 0.618 bits per heavy atom. The van der Waals surface area contributed by atoms with Crippen molar-refractivity contribution in [2.75, 3.05) is 28.4 Å². The zero-order valence-corrected chi connectivity index (χ0v) is 23.8. The summed E-state index contributed by atoms with van der Waals surface area (Å²) in [6.45, 7) is 19.1. The number of fused-ring (bicyclic) bond motifs is 10. The van der Waals surface area contributed by atoms with Gasteiger partial charge in [-0.05, 0) is 77.0 Å². The van der Waals surface area contributed by atoms with Crippen LogP contribution < -0.4 is 0 Å². The third kappa shape index (κ3) is 1.96. The Morgan fingerprint density at radius 3 is 0.765 bits per heavy atom. The van der Waals surface area contributed by atoms with E-state index in [4.69, 9.17) is 18.9 Å². The molecule has 3 saturated carbocycles. The monoisotopic (exact) mass is 472 g/mol. The van der Waals surface area contributed by atoms with Gasteiger partial charge in [-0.3, -0.25) is 0 Å². The molecule has 0 spiro atoms. The molecule has 0 N–H and O–H groups in total. The second kappa shape index (κ2) is 7.00. The van der Waals surface area contributed by atoms with E-state index in [1.807, 2.05) is 28.4 Å². The summed E-state index contributed by atoms with van der Waals surface area (Å²) in [7, 11) is 7.46. The van der Waals surface area contributed by atoms with Gasteiger partial charge in [0.05, 0.1) is 0 Å². The standard InChI is InChI=1S/C30H48O4/c1-17-18(2)26(6)22-15-16-24-23(14-13-21(22)25(17,5)29(26,31-9)32-10)27(7)19(3)20(4)28(24,8)30(27,33-11)34-12/h21-24H,13-16H2,1-12H3/t21-,22+,23-,24+,25-,26-,27+,28+. The molecule has 192 valence electrons. The second-order valence-corrected chi connectivity index (χ2v) is 12.9. The zero-order valence-electron chi connectivity index (χ0n) is 23.8. The SMILES string of the molecule is COC1(OC)[C@@]2(C)C(C)=C(C)[C@@]1(C)[C@H]1CC[C@H]3[C@@H](CC[C@H]12)[C@@]1(C)C(C)=C(C)[C@@]3(C)C1(OC)OC. The summed E-state index contributed by atoms with van der Waals surface area (Å²) in [5.41, 5.74) is 5.48. The van der Waals surface area contributed by atoms with Crippen LogP contribution in [0.5, 0.6) is 0 Å². The van der Waals surface area contributed by atoms with Crippen LogP contribution in [0.1, 0.15) is 81.1 Å². The summed E-state index contributed by atoms with van der Waals surface area (Å²) in [5.74, 6) is 0.987. The van der Waals surface area contributed by atoms with Gasteiger partial charge in [-0.1, -0.05) is 50.0 Å². The van der Waals surface area contributed by atoms with Gasteiger partial charge in [0.15, 0.2) is 11.6 Å². The minimum atomic E-state index is -0.595. The van der Waals surface area contributed by atoms with Gasteiger partial charge >= 0.3 is 0 Å². The molecular weight excluding hydrogens is 424 g/mol. The van der Waals surface area contributed by atoms with Crippen LogP contribution in [-0.2, 0) is 18.9 Å². The lowest BCUT2D eigenvalue weighted by molar-refractivity contribution is -0.288. The average molecular weight is 473 g/mol. The fourth-order valence-corrected chi connectivity index (χ4v) is 11.9. The van der Waals surface area contributed by atoms with Crippen molar-refractivity contribution in [3.63, 3.8) is 0 Å². The van der Waals surface area contributed by atoms with Crippen LogP contribution in [0.2, 0.25) is 0 Å². The van der Waals surface area contributed by atoms with E-state index in [0.717, 1.165) is 0 Å². The van der Waals surface area contributed by atoms with E-state index in [-0.39, 0.29) is 21.7 Å². The summed E-state index contributed by atoms with van der Waals surface area (Å²) in [6, 6.07) is 0. The molecule has 4 bridgehead atoms. The average Bonchev–Trinajstić information content (AvgIpc) is 3.19. The Kier molecular flexibility index (Phi) is 5.14.